The summed E-state index contributed by atoms with van der Waals surface area (Å²) in [5.74, 6) is -0.950. The van der Waals surface area contributed by atoms with Gasteiger partial charge >= 0.3 is 5.97 Å². The van der Waals surface area contributed by atoms with Crippen LogP contribution in [0.1, 0.15) is 41.8 Å². The van der Waals surface area contributed by atoms with E-state index in [1.54, 1.807) is 23.1 Å². The Morgan fingerprint density at radius 3 is 2.53 bits per heavy atom. The monoisotopic (exact) mass is 489 g/mol. The summed E-state index contributed by atoms with van der Waals surface area (Å²) >= 11 is 13.5. The number of sulfone groups is 1. The van der Waals surface area contributed by atoms with E-state index in [1.165, 1.54) is 0 Å². The van der Waals surface area contributed by atoms with Crippen LogP contribution >= 0.6 is 34.5 Å². The van der Waals surface area contributed by atoms with Crippen molar-refractivity contribution in [1.29, 1.82) is 0 Å². The number of benzene rings is 1. The fourth-order valence-electron chi connectivity index (χ4n) is 4.32. The smallest absolute Gasteiger partial charge is 0.350 e. The molecule has 1 aromatic carbocycles. The summed E-state index contributed by atoms with van der Waals surface area (Å²) in [5, 5.41) is 1.51. The molecule has 0 spiro atoms. The molecule has 1 saturated carbocycles. The Hall–Kier alpha value is -1.35. The minimum Gasteiger partial charge on any atom is -0.451 e. The standard InChI is InChI=1S/C20H21Cl2NO5S2/c21-12-5-6-15-16(9-12)29-19(18(15)22)20(25)28-10-17(24)23(13-3-1-2-4-13)14-7-8-30(26,27)11-14/h5-6,9,13-14H,1-4,7-8,10-11H2/t14-/m1/s1. The summed E-state index contributed by atoms with van der Waals surface area (Å²) in [4.78, 5) is 27.5. The van der Waals surface area contributed by atoms with Gasteiger partial charge in [-0.25, -0.2) is 13.2 Å². The molecule has 0 N–H and O–H groups in total. The van der Waals surface area contributed by atoms with Crippen LogP contribution in [0.3, 0.4) is 0 Å². The van der Waals surface area contributed by atoms with Crippen LogP contribution in [-0.4, -0.2) is 55.4 Å². The Balaban J connectivity index is 1.48. The zero-order chi connectivity index (χ0) is 21.5. The Labute approximate surface area is 189 Å². The molecule has 1 amide bonds. The normalized spacial score (nSPS) is 21.2. The number of carbonyl (C=O) groups excluding carboxylic acids is 2. The average molecular weight is 490 g/mol. The summed E-state index contributed by atoms with van der Waals surface area (Å²) in [6.45, 7) is -0.433. The van der Waals surface area contributed by atoms with Crippen LogP contribution in [-0.2, 0) is 19.4 Å². The molecule has 1 saturated heterocycles. The molecule has 0 radical (unpaired) electrons. The van der Waals surface area contributed by atoms with Crippen LogP contribution in [0.5, 0.6) is 0 Å². The van der Waals surface area contributed by atoms with Crippen LogP contribution in [0.4, 0.5) is 0 Å². The molecule has 0 unspecified atom stereocenters. The lowest BCUT2D eigenvalue weighted by molar-refractivity contribution is -0.139. The van der Waals surface area contributed by atoms with Gasteiger partial charge in [-0.2, -0.15) is 0 Å². The van der Waals surface area contributed by atoms with Gasteiger partial charge in [-0.05, 0) is 31.4 Å². The average Bonchev–Trinajstić information content (AvgIpc) is 3.40. The first-order chi connectivity index (χ1) is 14.2. The van der Waals surface area contributed by atoms with Crippen LogP contribution < -0.4 is 0 Å². The summed E-state index contributed by atoms with van der Waals surface area (Å²) in [6.07, 6.45) is 4.14. The van der Waals surface area contributed by atoms with Gasteiger partial charge in [0, 0.05) is 27.2 Å². The third-order valence-corrected chi connectivity index (χ3v) is 9.33. The van der Waals surface area contributed by atoms with Gasteiger partial charge in [-0.3, -0.25) is 4.79 Å². The Bertz CT molecular complexity index is 1090. The molecule has 2 fully saturated rings. The van der Waals surface area contributed by atoms with Crippen molar-refractivity contribution in [2.75, 3.05) is 18.1 Å². The molecule has 1 aliphatic heterocycles. The van der Waals surface area contributed by atoms with E-state index in [0.717, 1.165) is 41.7 Å². The fourth-order valence-corrected chi connectivity index (χ4v) is 7.71. The van der Waals surface area contributed by atoms with Gasteiger partial charge in [0.2, 0.25) is 0 Å². The second-order valence-electron chi connectivity index (χ2n) is 7.76. The van der Waals surface area contributed by atoms with Crippen molar-refractivity contribution >= 4 is 66.3 Å². The first-order valence-corrected chi connectivity index (χ1v) is 13.2. The largest absolute Gasteiger partial charge is 0.451 e. The van der Waals surface area contributed by atoms with E-state index in [-0.39, 0.29) is 39.4 Å². The van der Waals surface area contributed by atoms with E-state index in [2.05, 4.69) is 0 Å². The summed E-state index contributed by atoms with van der Waals surface area (Å²) < 4.78 is 29.9. The Morgan fingerprint density at radius 1 is 1.13 bits per heavy atom. The number of ether oxygens (including phenoxy) is 1. The molecule has 0 bridgehead atoms. The first kappa shape index (κ1) is 21.9. The topological polar surface area (TPSA) is 80.8 Å². The predicted octanol–water partition coefficient (Wildman–Crippen LogP) is 4.32. The molecular formula is C20H21Cl2NO5S2. The molecule has 2 aromatic rings. The number of thiophene rings is 1. The van der Waals surface area contributed by atoms with Crippen molar-refractivity contribution in [2.45, 2.75) is 44.2 Å². The number of hydrogen-bond acceptors (Lipinski definition) is 6. The quantitative estimate of drug-likeness (QED) is 0.584. The van der Waals surface area contributed by atoms with Gasteiger partial charge in [-0.1, -0.05) is 42.1 Å². The van der Waals surface area contributed by atoms with E-state index in [9.17, 15) is 18.0 Å². The molecule has 6 nitrogen and oxygen atoms in total. The highest BCUT2D eigenvalue weighted by Crippen LogP contribution is 2.37. The SMILES string of the molecule is O=C(OCC(=O)N(C1CCCC1)[C@@H]1CCS(=O)(=O)C1)c1sc2cc(Cl)ccc2c1Cl. The number of fused-ring (bicyclic) bond motifs is 1. The second-order valence-corrected chi connectivity index (χ2v) is 11.9. The van der Waals surface area contributed by atoms with Crippen LogP contribution in [0, 0.1) is 0 Å². The van der Waals surface area contributed by atoms with Crippen LogP contribution in [0.25, 0.3) is 10.1 Å². The predicted molar refractivity (Wildman–Crippen MR) is 118 cm³/mol. The number of halogens is 2. The zero-order valence-electron chi connectivity index (χ0n) is 16.1. The van der Waals surface area contributed by atoms with E-state index >= 15 is 0 Å². The maximum absolute atomic E-state index is 13.0. The van der Waals surface area contributed by atoms with Crippen molar-refractivity contribution in [2.24, 2.45) is 0 Å². The summed E-state index contributed by atoms with van der Waals surface area (Å²) in [6, 6.07) is 4.80. The summed E-state index contributed by atoms with van der Waals surface area (Å²) in [7, 11) is -3.13. The molecule has 1 aliphatic carbocycles. The van der Waals surface area contributed by atoms with Crippen molar-refractivity contribution in [1.82, 2.24) is 4.90 Å². The molecule has 1 atom stereocenters. The van der Waals surface area contributed by atoms with Crippen LogP contribution in [0.15, 0.2) is 18.2 Å². The molecular weight excluding hydrogens is 469 g/mol. The zero-order valence-corrected chi connectivity index (χ0v) is 19.2. The number of amides is 1. The van der Waals surface area contributed by atoms with Crippen molar-refractivity contribution in [3.05, 3.63) is 33.1 Å². The molecule has 10 heteroatoms. The maximum atomic E-state index is 13.0. The number of rotatable bonds is 5. The molecule has 1 aromatic heterocycles. The minimum atomic E-state index is -3.13. The van der Waals surface area contributed by atoms with E-state index in [0.29, 0.717) is 16.8 Å². The van der Waals surface area contributed by atoms with E-state index in [1.807, 2.05) is 0 Å². The Morgan fingerprint density at radius 2 is 1.87 bits per heavy atom. The third-order valence-electron chi connectivity index (χ3n) is 5.71. The molecule has 2 aliphatic rings. The highest BCUT2D eigenvalue weighted by atomic mass is 35.5. The number of hydrogen-bond donors (Lipinski definition) is 0. The van der Waals surface area contributed by atoms with Gasteiger partial charge in [0.25, 0.3) is 5.91 Å². The van der Waals surface area contributed by atoms with Gasteiger partial charge < -0.3 is 9.64 Å². The lowest BCUT2D eigenvalue weighted by Crippen LogP contribution is -2.48. The maximum Gasteiger partial charge on any atom is 0.350 e. The highest BCUT2D eigenvalue weighted by molar-refractivity contribution is 7.91. The first-order valence-electron chi connectivity index (χ1n) is 9.81. The van der Waals surface area contributed by atoms with Gasteiger partial charge in [0.1, 0.15) is 4.88 Å². The van der Waals surface area contributed by atoms with Gasteiger partial charge in [0.15, 0.2) is 16.4 Å². The highest BCUT2D eigenvalue weighted by Gasteiger charge is 2.39. The summed E-state index contributed by atoms with van der Waals surface area (Å²) in [5.41, 5.74) is 0. The second kappa shape index (κ2) is 8.65. The van der Waals surface area contributed by atoms with Gasteiger partial charge in [-0.15, -0.1) is 11.3 Å². The van der Waals surface area contributed by atoms with E-state index in [4.69, 9.17) is 27.9 Å². The van der Waals surface area contributed by atoms with Crippen molar-refractivity contribution < 1.29 is 22.7 Å². The fraction of sp³-hybridized carbons (Fsp3) is 0.500. The minimum absolute atomic E-state index is 0.00422. The molecule has 162 valence electrons. The number of carbonyl (C=O) groups is 2. The van der Waals surface area contributed by atoms with Gasteiger partial charge in [0.05, 0.1) is 16.5 Å². The Kier molecular flexibility index (Phi) is 6.30. The van der Waals surface area contributed by atoms with Crippen LogP contribution in [0.2, 0.25) is 10.0 Å². The lowest BCUT2D eigenvalue weighted by atomic mass is 10.1. The lowest BCUT2D eigenvalue weighted by Gasteiger charge is -2.33. The molecule has 30 heavy (non-hydrogen) atoms. The van der Waals surface area contributed by atoms with Crippen molar-refractivity contribution in [3.63, 3.8) is 0 Å². The third kappa shape index (κ3) is 4.47. The van der Waals surface area contributed by atoms with E-state index < -0.39 is 22.4 Å². The number of nitrogens with zero attached hydrogens (tertiary/aromatic N) is 1. The van der Waals surface area contributed by atoms with Crippen molar-refractivity contribution in [3.8, 4) is 0 Å². The molecule has 2 heterocycles. The molecule has 4 rings (SSSR count). The number of esters is 1.